The summed E-state index contributed by atoms with van der Waals surface area (Å²) < 4.78 is 1.81. The minimum absolute atomic E-state index is 0.0620. The van der Waals surface area contributed by atoms with Gasteiger partial charge in [-0.25, -0.2) is 4.98 Å². The van der Waals surface area contributed by atoms with Crippen LogP contribution in [-0.4, -0.2) is 36.9 Å². The van der Waals surface area contributed by atoms with Crippen molar-refractivity contribution in [3.63, 3.8) is 0 Å². The van der Waals surface area contributed by atoms with Crippen molar-refractivity contribution in [1.29, 1.82) is 0 Å². The second-order valence-electron chi connectivity index (χ2n) is 8.77. The van der Waals surface area contributed by atoms with Gasteiger partial charge in [-0.2, -0.15) is 10.2 Å². The van der Waals surface area contributed by atoms with Crippen LogP contribution in [0, 0.1) is 5.41 Å². The average molecular weight is 403 g/mol. The Hall–Kier alpha value is -3.42. The fourth-order valence-electron chi connectivity index (χ4n) is 3.90. The van der Waals surface area contributed by atoms with E-state index < -0.39 is 5.41 Å². The summed E-state index contributed by atoms with van der Waals surface area (Å²) in [7, 11) is 0. The van der Waals surface area contributed by atoms with Crippen LogP contribution < -0.4 is 11.1 Å². The lowest BCUT2D eigenvalue weighted by atomic mass is 9.88. The number of carbonyl (C=O) groups excluding carboxylic acids is 1. The zero-order chi connectivity index (χ0) is 20.9. The third-order valence-electron chi connectivity index (χ3n) is 5.96. The van der Waals surface area contributed by atoms with Crippen molar-refractivity contribution >= 4 is 33.5 Å². The lowest BCUT2D eigenvalue weighted by molar-refractivity contribution is -0.131. The number of hydrogen-bond acceptors (Lipinski definition) is 5. The Morgan fingerprint density at radius 3 is 2.83 bits per heavy atom. The number of H-pyrrole nitrogens is 1. The molecule has 1 aliphatic rings. The van der Waals surface area contributed by atoms with E-state index in [0.717, 1.165) is 45.9 Å². The second kappa shape index (κ2) is 6.83. The summed E-state index contributed by atoms with van der Waals surface area (Å²) in [5, 5.41) is 16.6. The first-order chi connectivity index (χ1) is 14.4. The Balaban J connectivity index is 1.49. The van der Waals surface area contributed by atoms with Gasteiger partial charge in [0.15, 0.2) is 0 Å². The Bertz CT molecular complexity index is 1240. The number of pyridine rings is 1. The van der Waals surface area contributed by atoms with Gasteiger partial charge in [0.05, 0.1) is 28.6 Å². The van der Waals surface area contributed by atoms with Crippen molar-refractivity contribution < 1.29 is 4.79 Å². The zero-order valence-corrected chi connectivity index (χ0v) is 17.1. The molecule has 1 aliphatic carbocycles. The first kappa shape index (κ1) is 18.6. The summed E-state index contributed by atoms with van der Waals surface area (Å²) in [6.07, 6.45) is 6.94. The van der Waals surface area contributed by atoms with Crippen molar-refractivity contribution in [2.24, 2.45) is 5.41 Å². The van der Waals surface area contributed by atoms with Gasteiger partial charge in [-0.05, 0) is 51.3 Å². The zero-order valence-electron chi connectivity index (χ0n) is 17.1. The fourth-order valence-corrected chi connectivity index (χ4v) is 3.90. The maximum absolute atomic E-state index is 12.7. The highest BCUT2D eigenvalue weighted by Crippen LogP contribution is 2.31. The number of benzene rings is 1. The van der Waals surface area contributed by atoms with Gasteiger partial charge >= 0.3 is 0 Å². The molecule has 3 aromatic heterocycles. The van der Waals surface area contributed by atoms with Crippen LogP contribution in [0.3, 0.4) is 0 Å². The van der Waals surface area contributed by atoms with E-state index in [9.17, 15) is 4.79 Å². The third-order valence-corrected chi connectivity index (χ3v) is 5.96. The van der Waals surface area contributed by atoms with Crippen LogP contribution in [0.15, 0.2) is 36.7 Å². The van der Waals surface area contributed by atoms with Gasteiger partial charge in [-0.1, -0.05) is 6.07 Å². The minimum atomic E-state index is -0.580. The monoisotopic (exact) mass is 403 g/mol. The topological polar surface area (TPSA) is 115 Å². The number of nitrogens with zero attached hydrogens (tertiary/aromatic N) is 4. The molecule has 1 aromatic carbocycles. The molecule has 0 saturated heterocycles. The molecule has 0 atom stereocenters. The summed E-state index contributed by atoms with van der Waals surface area (Å²) >= 11 is 0. The number of amides is 1. The number of nitrogens with two attached hydrogens (primary N) is 1. The molecule has 1 amide bonds. The fraction of sp³-hybridized carbons (Fsp3) is 0.364. The number of nitrogen functional groups attached to an aromatic ring is 1. The first-order valence-corrected chi connectivity index (χ1v) is 10.3. The van der Waals surface area contributed by atoms with Gasteiger partial charge in [0.1, 0.15) is 11.3 Å². The molecular weight excluding hydrogens is 378 g/mol. The normalized spacial score (nSPS) is 14.9. The first-order valence-electron chi connectivity index (χ1n) is 10.3. The van der Waals surface area contributed by atoms with Crippen LogP contribution in [0.1, 0.15) is 33.1 Å². The SMILES string of the molecule is CC(C)(Cn1cc2c(N)nc3cc(-c4ccn[nH]4)ccc3c2n1)C(=O)NC1CCC1. The smallest absolute Gasteiger partial charge is 0.227 e. The molecule has 1 saturated carbocycles. The summed E-state index contributed by atoms with van der Waals surface area (Å²) in [4.78, 5) is 17.3. The van der Waals surface area contributed by atoms with Crippen molar-refractivity contribution in [2.75, 3.05) is 5.73 Å². The molecule has 0 bridgehead atoms. The highest BCUT2D eigenvalue weighted by atomic mass is 16.2. The van der Waals surface area contributed by atoms with Gasteiger partial charge in [0, 0.05) is 29.4 Å². The quantitative estimate of drug-likeness (QED) is 0.473. The molecule has 1 fully saturated rings. The Morgan fingerprint density at radius 1 is 1.30 bits per heavy atom. The van der Waals surface area contributed by atoms with Crippen LogP contribution in [0.5, 0.6) is 0 Å². The molecule has 0 aliphatic heterocycles. The summed E-state index contributed by atoms with van der Waals surface area (Å²) in [6, 6.07) is 8.23. The van der Waals surface area contributed by atoms with Crippen LogP contribution in [-0.2, 0) is 11.3 Å². The lowest BCUT2D eigenvalue weighted by Gasteiger charge is -2.31. The molecule has 0 radical (unpaired) electrons. The molecule has 0 unspecified atom stereocenters. The van der Waals surface area contributed by atoms with E-state index in [-0.39, 0.29) is 5.91 Å². The second-order valence-corrected chi connectivity index (χ2v) is 8.77. The molecule has 4 aromatic rings. The maximum Gasteiger partial charge on any atom is 0.227 e. The molecule has 30 heavy (non-hydrogen) atoms. The van der Waals surface area contributed by atoms with Crippen molar-refractivity contribution in [1.82, 2.24) is 30.3 Å². The number of carbonyl (C=O) groups is 1. The highest BCUT2D eigenvalue weighted by Gasteiger charge is 2.32. The van der Waals surface area contributed by atoms with E-state index in [4.69, 9.17) is 10.8 Å². The largest absolute Gasteiger partial charge is 0.383 e. The number of fused-ring (bicyclic) bond motifs is 3. The standard InChI is InChI=1S/C22H25N7O/c1-22(2,21(30)25-14-4-3-5-14)12-29-11-16-19(28-29)15-7-6-13(17-8-9-24-27-17)10-18(15)26-20(16)23/h6-11,14H,3-5,12H2,1-2H3,(H2,23,26)(H,24,27)(H,25,30). The Labute approximate surface area is 173 Å². The molecule has 8 nitrogen and oxygen atoms in total. The summed E-state index contributed by atoms with van der Waals surface area (Å²) in [6.45, 7) is 4.36. The summed E-state index contributed by atoms with van der Waals surface area (Å²) in [5.41, 5.74) is 9.15. The predicted molar refractivity (Wildman–Crippen MR) is 117 cm³/mol. The van der Waals surface area contributed by atoms with E-state index in [1.54, 1.807) is 6.20 Å². The average Bonchev–Trinajstić information content (AvgIpc) is 3.34. The van der Waals surface area contributed by atoms with Gasteiger partial charge in [0.2, 0.25) is 5.91 Å². The predicted octanol–water partition coefficient (Wildman–Crippen LogP) is 3.25. The Kier molecular flexibility index (Phi) is 4.23. The van der Waals surface area contributed by atoms with E-state index in [1.807, 2.05) is 49.0 Å². The maximum atomic E-state index is 12.7. The van der Waals surface area contributed by atoms with E-state index in [2.05, 4.69) is 20.5 Å². The van der Waals surface area contributed by atoms with E-state index >= 15 is 0 Å². The number of nitrogens with one attached hydrogen (secondary N) is 2. The van der Waals surface area contributed by atoms with Crippen molar-refractivity contribution in [2.45, 2.75) is 45.7 Å². The van der Waals surface area contributed by atoms with Crippen LogP contribution in [0.4, 0.5) is 5.82 Å². The molecule has 3 heterocycles. The van der Waals surface area contributed by atoms with Crippen molar-refractivity contribution in [3.8, 4) is 11.3 Å². The number of hydrogen-bond donors (Lipinski definition) is 3. The van der Waals surface area contributed by atoms with Gasteiger partial charge in [0.25, 0.3) is 0 Å². The van der Waals surface area contributed by atoms with E-state index in [1.165, 1.54) is 6.42 Å². The molecule has 154 valence electrons. The highest BCUT2D eigenvalue weighted by molar-refractivity contribution is 6.08. The van der Waals surface area contributed by atoms with Crippen molar-refractivity contribution in [3.05, 3.63) is 36.7 Å². The number of rotatable bonds is 5. The van der Waals surface area contributed by atoms with Gasteiger partial charge in [-0.3, -0.25) is 14.6 Å². The minimum Gasteiger partial charge on any atom is -0.383 e. The van der Waals surface area contributed by atoms with Gasteiger partial charge in [-0.15, -0.1) is 0 Å². The van der Waals surface area contributed by atoms with Crippen LogP contribution in [0.25, 0.3) is 33.1 Å². The molecular formula is C22H25N7O. The Morgan fingerprint density at radius 2 is 2.13 bits per heavy atom. The van der Waals surface area contributed by atoms with Gasteiger partial charge < -0.3 is 11.1 Å². The molecule has 8 heteroatoms. The molecule has 0 spiro atoms. The van der Waals surface area contributed by atoms with E-state index in [0.29, 0.717) is 18.4 Å². The molecule has 4 N–H and O–H groups in total. The number of anilines is 1. The summed E-state index contributed by atoms with van der Waals surface area (Å²) in [5.74, 6) is 0.495. The van der Waals surface area contributed by atoms with Crippen LogP contribution in [0.2, 0.25) is 0 Å². The number of aromatic nitrogens is 5. The lowest BCUT2D eigenvalue weighted by Crippen LogP contribution is -2.47. The molecule has 5 rings (SSSR count). The number of aromatic amines is 1. The third kappa shape index (κ3) is 3.18. The van der Waals surface area contributed by atoms with Crippen LogP contribution >= 0.6 is 0 Å².